The summed E-state index contributed by atoms with van der Waals surface area (Å²) in [5, 5.41) is 8.45. The number of hydrogen-bond acceptors (Lipinski definition) is 3. The molecule has 0 heterocycles. The standard InChI is InChI=1S/C8H17N3/c1-5-8(10(2)3)11(4)7-6-9/h8H,5,7H2,1-4H3. The lowest BCUT2D eigenvalue weighted by Crippen LogP contribution is -2.42. The summed E-state index contributed by atoms with van der Waals surface area (Å²) >= 11 is 0. The first-order valence-corrected chi connectivity index (χ1v) is 3.87. The average Bonchev–Trinajstić information content (AvgIpc) is 1.88. The third-order valence-electron chi connectivity index (χ3n) is 1.79. The molecule has 11 heavy (non-hydrogen) atoms. The number of hydrogen-bond donors (Lipinski definition) is 0. The molecule has 3 nitrogen and oxygen atoms in total. The van der Waals surface area contributed by atoms with Gasteiger partial charge in [0.1, 0.15) is 0 Å². The van der Waals surface area contributed by atoms with Gasteiger partial charge in [0.15, 0.2) is 0 Å². The average molecular weight is 155 g/mol. The summed E-state index contributed by atoms with van der Waals surface area (Å²) in [5.41, 5.74) is 0. The van der Waals surface area contributed by atoms with Gasteiger partial charge in [-0.15, -0.1) is 0 Å². The molecular formula is C8H17N3. The molecule has 0 N–H and O–H groups in total. The lowest BCUT2D eigenvalue weighted by Gasteiger charge is -2.30. The summed E-state index contributed by atoms with van der Waals surface area (Å²) in [5.74, 6) is 0. The minimum atomic E-state index is 0.384. The van der Waals surface area contributed by atoms with Crippen LogP contribution in [0.25, 0.3) is 0 Å². The fourth-order valence-corrected chi connectivity index (χ4v) is 1.29. The summed E-state index contributed by atoms with van der Waals surface area (Å²) in [6.45, 7) is 2.62. The Morgan fingerprint density at radius 1 is 1.36 bits per heavy atom. The fraction of sp³-hybridized carbons (Fsp3) is 0.875. The van der Waals surface area contributed by atoms with E-state index in [-0.39, 0.29) is 0 Å². The van der Waals surface area contributed by atoms with Crippen molar-refractivity contribution in [1.82, 2.24) is 9.80 Å². The molecule has 3 heteroatoms. The topological polar surface area (TPSA) is 30.3 Å². The van der Waals surface area contributed by atoms with E-state index in [1.54, 1.807) is 0 Å². The first-order chi connectivity index (χ1) is 5.13. The summed E-state index contributed by atoms with van der Waals surface area (Å²) in [6, 6.07) is 2.14. The van der Waals surface area contributed by atoms with E-state index < -0.39 is 0 Å². The maximum absolute atomic E-state index is 8.45. The van der Waals surface area contributed by atoms with Gasteiger partial charge in [0, 0.05) is 0 Å². The van der Waals surface area contributed by atoms with Gasteiger partial charge >= 0.3 is 0 Å². The first kappa shape index (κ1) is 10.4. The van der Waals surface area contributed by atoms with Gasteiger partial charge < -0.3 is 0 Å². The number of nitrogens with zero attached hydrogens (tertiary/aromatic N) is 3. The summed E-state index contributed by atoms with van der Waals surface area (Å²) in [6.07, 6.45) is 1.43. The molecule has 1 atom stereocenters. The molecule has 0 aromatic carbocycles. The third-order valence-corrected chi connectivity index (χ3v) is 1.79. The minimum absolute atomic E-state index is 0.384. The molecule has 0 rings (SSSR count). The Bertz CT molecular complexity index is 137. The van der Waals surface area contributed by atoms with Crippen molar-refractivity contribution in [3.8, 4) is 6.07 Å². The summed E-state index contributed by atoms with van der Waals surface area (Å²) < 4.78 is 0. The van der Waals surface area contributed by atoms with Crippen molar-refractivity contribution in [2.75, 3.05) is 27.7 Å². The van der Waals surface area contributed by atoms with Crippen molar-refractivity contribution < 1.29 is 0 Å². The molecule has 0 aromatic rings. The zero-order valence-corrected chi connectivity index (χ0v) is 7.83. The monoisotopic (exact) mass is 155 g/mol. The van der Waals surface area contributed by atoms with Crippen LogP contribution in [0.5, 0.6) is 0 Å². The van der Waals surface area contributed by atoms with E-state index >= 15 is 0 Å². The molecule has 0 aliphatic heterocycles. The molecule has 1 unspecified atom stereocenters. The van der Waals surface area contributed by atoms with Gasteiger partial charge in [0.2, 0.25) is 0 Å². The van der Waals surface area contributed by atoms with E-state index in [0.717, 1.165) is 6.42 Å². The van der Waals surface area contributed by atoms with Crippen LogP contribution < -0.4 is 0 Å². The van der Waals surface area contributed by atoms with Crippen molar-refractivity contribution in [3.05, 3.63) is 0 Å². The van der Waals surface area contributed by atoms with E-state index in [2.05, 4.69) is 17.9 Å². The Hall–Kier alpha value is -0.590. The molecule has 0 amide bonds. The fourth-order valence-electron chi connectivity index (χ4n) is 1.29. The molecule has 0 spiro atoms. The van der Waals surface area contributed by atoms with Crippen LogP contribution in [0.2, 0.25) is 0 Å². The van der Waals surface area contributed by atoms with E-state index in [9.17, 15) is 0 Å². The highest BCUT2D eigenvalue weighted by Crippen LogP contribution is 2.02. The summed E-state index contributed by atoms with van der Waals surface area (Å²) in [7, 11) is 6.03. The van der Waals surface area contributed by atoms with Gasteiger partial charge in [-0.25, -0.2) is 0 Å². The minimum Gasteiger partial charge on any atom is -0.294 e. The van der Waals surface area contributed by atoms with Crippen LogP contribution in [-0.2, 0) is 0 Å². The Morgan fingerprint density at radius 3 is 2.18 bits per heavy atom. The zero-order valence-electron chi connectivity index (χ0n) is 7.83. The van der Waals surface area contributed by atoms with Gasteiger partial charge in [-0.1, -0.05) is 6.92 Å². The SMILES string of the molecule is CCC(N(C)C)N(C)CC#N. The second-order valence-corrected chi connectivity index (χ2v) is 2.93. The second-order valence-electron chi connectivity index (χ2n) is 2.93. The van der Waals surface area contributed by atoms with Crippen LogP contribution in [0.4, 0.5) is 0 Å². The molecule has 0 bridgehead atoms. The van der Waals surface area contributed by atoms with Crippen molar-refractivity contribution >= 4 is 0 Å². The van der Waals surface area contributed by atoms with Crippen molar-refractivity contribution in [2.24, 2.45) is 0 Å². The van der Waals surface area contributed by atoms with Gasteiger partial charge in [-0.05, 0) is 27.6 Å². The molecular weight excluding hydrogens is 138 g/mol. The quantitative estimate of drug-likeness (QED) is 0.443. The van der Waals surface area contributed by atoms with Gasteiger partial charge in [-0.2, -0.15) is 5.26 Å². The van der Waals surface area contributed by atoms with Crippen LogP contribution >= 0.6 is 0 Å². The third kappa shape index (κ3) is 3.35. The van der Waals surface area contributed by atoms with Crippen LogP contribution in [0.3, 0.4) is 0 Å². The van der Waals surface area contributed by atoms with Crippen molar-refractivity contribution in [2.45, 2.75) is 19.5 Å². The van der Waals surface area contributed by atoms with E-state index in [4.69, 9.17) is 5.26 Å². The summed E-state index contributed by atoms with van der Waals surface area (Å²) in [4.78, 5) is 4.16. The Labute approximate surface area is 69.2 Å². The maximum atomic E-state index is 8.45. The van der Waals surface area contributed by atoms with Gasteiger partial charge in [0.25, 0.3) is 0 Å². The second kappa shape index (κ2) is 5.11. The van der Waals surface area contributed by atoms with E-state index in [1.165, 1.54) is 0 Å². The molecule has 0 saturated heterocycles. The van der Waals surface area contributed by atoms with Crippen molar-refractivity contribution in [1.29, 1.82) is 5.26 Å². The number of nitriles is 1. The Morgan fingerprint density at radius 2 is 1.91 bits per heavy atom. The van der Waals surface area contributed by atoms with E-state index in [1.807, 2.05) is 26.0 Å². The predicted octanol–water partition coefficient (Wildman–Crippen LogP) is 0.739. The lowest BCUT2D eigenvalue weighted by molar-refractivity contribution is 0.113. The largest absolute Gasteiger partial charge is 0.294 e. The Balaban J connectivity index is 3.93. The number of rotatable bonds is 4. The molecule has 0 fully saturated rings. The molecule has 0 radical (unpaired) electrons. The van der Waals surface area contributed by atoms with Crippen LogP contribution in [-0.4, -0.2) is 43.7 Å². The smallest absolute Gasteiger partial charge is 0.0875 e. The van der Waals surface area contributed by atoms with E-state index in [0.29, 0.717) is 12.7 Å². The molecule has 0 aliphatic rings. The molecule has 0 aliphatic carbocycles. The zero-order chi connectivity index (χ0) is 8.85. The molecule has 0 saturated carbocycles. The van der Waals surface area contributed by atoms with Crippen LogP contribution in [0.15, 0.2) is 0 Å². The van der Waals surface area contributed by atoms with Gasteiger partial charge in [-0.3, -0.25) is 9.80 Å². The molecule has 64 valence electrons. The van der Waals surface area contributed by atoms with Gasteiger partial charge in [0.05, 0.1) is 18.8 Å². The first-order valence-electron chi connectivity index (χ1n) is 3.87. The lowest BCUT2D eigenvalue weighted by atomic mass is 10.3. The highest BCUT2D eigenvalue weighted by atomic mass is 15.3. The van der Waals surface area contributed by atoms with Crippen LogP contribution in [0.1, 0.15) is 13.3 Å². The molecule has 0 aromatic heterocycles. The van der Waals surface area contributed by atoms with Crippen LogP contribution in [0, 0.1) is 11.3 Å². The maximum Gasteiger partial charge on any atom is 0.0875 e. The highest BCUT2D eigenvalue weighted by Gasteiger charge is 2.13. The Kier molecular flexibility index (Phi) is 4.84. The highest BCUT2D eigenvalue weighted by molar-refractivity contribution is 4.77. The predicted molar refractivity (Wildman–Crippen MR) is 46.0 cm³/mol. The normalized spacial score (nSPS) is 13.5. The van der Waals surface area contributed by atoms with Crippen molar-refractivity contribution in [3.63, 3.8) is 0 Å².